The number of aromatic nitrogens is 4. The lowest BCUT2D eigenvalue weighted by molar-refractivity contribution is -0.122. The van der Waals surface area contributed by atoms with E-state index < -0.39 is 17.8 Å². The molecule has 1 aromatic heterocycles. The number of hydrogen-bond acceptors (Lipinski definition) is 5. The molecular weight excluding hydrogens is 417 g/mol. The summed E-state index contributed by atoms with van der Waals surface area (Å²) >= 11 is 3.40. The molecule has 0 bridgehead atoms. The molecule has 1 unspecified atom stereocenters. The van der Waals surface area contributed by atoms with E-state index in [4.69, 9.17) is 4.74 Å². The van der Waals surface area contributed by atoms with E-state index in [9.17, 15) is 9.18 Å². The van der Waals surface area contributed by atoms with Crippen LogP contribution in [0.15, 0.2) is 40.9 Å². The Morgan fingerprint density at radius 1 is 1.26 bits per heavy atom. The number of aryl methyl sites for hydroxylation is 2. The molecule has 0 aliphatic carbocycles. The predicted molar refractivity (Wildman–Crippen MR) is 101 cm³/mol. The molecule has 3 aromatic rings. The van der Waals surface area contributed by atoms with E-state index in [1.807, 2.05) is 19.1 Å². The average molecular weight is 434 g/mol. The molecule has 0 saturated heterocycles. The van der Waals surface area contributed by atoms with Gasteiger partial charge < -0.3 is 10.1 Å². The van der Waals surface area contributed by atoms with E-state index >= 15 is 0 Å². The van der Waals surface area contributed by atoms with Gasteiger partial charge in [-0.3, -0.25) is 4.79 Å². The molecule has 0 fully saturated rings. The summed E-state index contributed by atoms with van der Waals surface area (Å²) in [7, 11) is 0. The van der Waals surface area contributed by atoms with Gasteiger partial charge in [0.25, 0.3) is 5.91 Å². The van der Waals surface area contributed by atoms with Crippen LogP contribution in [0.3, 0.4) is 0 Å². The molecule has 2 aromatic carbocycles. The van der Waals surface area contributed by atoms with Crippen molar-refractivity contribution in [2.45, 2.75) is 26.9 Å². The van der Waals surface area contributed by atoms with Crippen LogP contribution in [0, 0.1) is 19.7 Å². The normalized spacial score (nSPS) is 11.9. The molecule has 27 heavy (non-hydrogen) atoms. The fraction of sp³-hybridized carbons (Fsp3) is 0.222. The zero-order chi connectivity index (χ0) is 19.6. The lowest BCUT2D eigenvalue weighted by Crippen LogP contribution is -2.30. The first kappa shape index (κ1) is 19.0. The predicted octanol–water partition coefficient (Wildman–Crippen LogP) is 3.59. The van der Waals surface area contributed by atoms with Gasteiger partial charge in [-0.05, 0) is 83.0 Å². The molecule has 1 N–H and O–H groups in total. The summed E-state index contributed by atoms with van der Waals surface area (Å²) in [4.78, 5) is 12.4. The molecule has 0 spiro atoms. The van der Waals surface area contributed by atoms with Crippen molar-refractivity contribution >= 4 is 27.5 Å². The lowest BCUT2D eigenvalue weighted by Gasteiger charge is -2.16. The Hall–Kier alpha value is -2.81. The van der Waals surface area contributed by atoms with Crippen LogP contribution >= 0.6 is 15.9 Å². The zero-order valence-electron chi connectivity index (χ0n) is 14.9. The van der Waals surface area contributed by atoms with Gasteiger partial charge in [-0.25, -0.2) is 4.39 Å². The minimum atomic E-state index is -0.832. The minimum absolute atomic E-state index is 0.0193. The summed E-state index contributed by atoms with van der Waals surface area (Å²) in [6, 6.07) is 9.77. The van der Waals surface area contributed by atoms with Gasteiger partial charge in [-0.1, -0.05) is 6.07 Å². The van der Waals surface area contributed by atoms with Gasteiger partial charge in [0.2, 0.25) is 0 Å². The van der Waals surface area contributed by atoms with Crippen molar-refractivity contribution in [1.82, 2.24) is 20.2 Å². The van der Waals surface area contributed by atoms with Gasteiger partial charge in [0, 0.05) is 0 Å². The Labute approximate surface area is 163 Å². The Bertz CT molecular complexity index is 992. The fourth-order valence-electron chi connectivity index (χ4n) is 2.39. The number of anilines is 1. The highest BCUT2D eigenvalue weighted by Gasteiger charge is 2.18. The third-order valence-corrected chi connectivity index (χ3v) is 4.46. The van der Waals surface area contributed by atoms with E-state index in [2.05, 4.69) is 36.8 Å². The second-order valence-electron chi connectivity index (χ2n) is 5.99. The summed E-state index contributed by atoms with van der Waals surface area (Å²) in [6.45, 7) is 5.26. The molecule has 1 heterocycles. The second-order valence-corrected chi connectivity index (χ2v) is 6.84. The van der Waals surface area contributed by atoms with Gasteiger partial charge in [-0.15, -0.1) is 5.10 Å². The SMILES string of the molecule is Cc1ccc(OC(C)C(=O)Nc2cc(-n3nnnc3C)ccc2F)c(Br)c1. The number of ether oxygens (including phenoxy) is 1. The van der Waals surface area contributed by atoms with Crippen molar-refractivity contribution in [2.75, 3.05) is 5.32 Å². The topological polar surface area (TPSA) is 81.9 Å². The monoisotopic (exact) mass is 433 g/mol. The minimum Gasteiger partial charge on any atom is -0.480 e. The molecule has 9 heteroatoms. The van der Waals surface area contributed by atoms with Crippen molar-refractivity contribution in [3.8, 4) is 11.4 Å². The number of nitrogens with zero attached hydrogens (tertiary/aromatic N) is 4. The van der Waals surface area contributed by atoms with E-state index in [1.165, 1.54) is 22.9 Å². The highest BCUT2D eigenvalue weighted by molar-refractivity contribution is 9.10. The number of carbonyl (C=O) groups is 1. The van der Waals surface area contributed by atoms with E-state index in [-0.39, 0.29) is 5.69 Å². The number of tetrazole rings is 1. The first-order valence-electron chi connectivity index (χ1n) is 8.13. The average Bonchev–Trinajstić information content (AvgIpc) is 3.05. The molecule has 0 saturated carbocycles. The number of nitrogens with one attached hydrogen (secondary N) is 1. The third-order valence-electron chi connectivity index (χ3n) is 3.84. The summed E-state index contributed by atoms with van der Waals surface area (Å²) in [5.74, 6) is 0.0232. The summed E-state index contributed by atoms with van der Waals surface area (Å²) < 4.78 is 22.0. The summed E-state index contributed by atoms with van der Waals surface area (Å²) in [5, 5.41) is 13.7. The molecular formula is C18H17BrFN5O2. The molecule has 0 aliphatic rings. The zero-order valence-corrected chi connectivity index (χ0v) is 16.5. The smallest absolute Gasteiger partial charge is 0.265 e. The molecule has 3 rings (SSSR count). The van der Waals surface area contributed by atoms with Crippen LogP contribution in [-0.4, -0.2) is 32.2 Å². The largest absolute Gasteiger partial charge is 0.480 e. The van der Waals surface area contributed by atoms with Crippen molar-refractivity contribution in [1.29, 1.82) is 0 Å². The van der Waals surface area contributed by atoms with Crippen LogP contribution in [0.2, 0.25) is 0 Å². The maximum absolute atomic E-state index is 14.1. The Morgan fingerprint density at radius 3 is 2.70 bits per heavy atom. The van der Waals surface area contributed by atoms with Crippen molar-refractivity contribution < 1.29 is 13.9 Å². The Kier molecular flexibility index (Phi) is 5.50. The first-order chi connectivity index (χ1) is 12.8. The quantitative estimate of drug-likeness (QED) is 0.664. The fourth-order valence-corrected chi connectivity index (χ4v) is 2.98. The van der Waals surface area contributed by atoms with Crippen LogP contribution in [0.4, 0.5) is 10.1 Å². The van der Waals surface area contributed by atoms with Crippen LogP contribution in [0.1, 0.15) is 18.3 Å². The molecule has 0 radical (unpaired) electrons. The van der Waals surface area contributed by atoms with Gasteiger partial charge >= 0.3 is 0 Å². The number of benzene rings is 2. The number of hydrogen-bond donors (Lipinski definition) is 1. The molecule has 1 atom stereocenters. The van der Waals surface area contributed by atoms with E-state index in [0.29, 0.717) is 17.3 Å². The first-order valence-corrected chi connectivity index (χ1v) is 8.93. The molecule has 7 nitrogen and oxygen atoms in total. The Balaban J connectivity index is 1.76. The van der Waals surface area contributed by atoms with Gasteiger partial charge in [0.1, 0.15) is 11.6 Å². The van der Waals surface area contributed by atoms with Crippen LogP contribution in [-0.2, 0) is 4.79 Å². The summed E-state index contributed by atoms with van der Waals surface area (Å²) in [6.07, 6.45) is -0.832. The number of amides is 1. The molecule has 1 amide bonds. The number of carbonyl (C=O) groups excluding carboxylic acids is 1. The number of halogens is 2. The van der Waals surface area contributed by atoms with E-state index in [0.717, 1.165) is 10.0 Å². The van der Waals surface area contributed by atoms with Crippen LogP contribution < -0.4 is 10.1 Å². The van der Waals surface area contributed by atoms with E-state index in [1.54, 1.807) is 19.9 Å². The maximum atomic E-state index is 14.1. The lowest BCUT2D eigenvalue weighted by atomic mass is 10.2. The molecule has 0 aliphatic heterocycles. The van der Waals surface area contributed by atoms with Gasteiger partial charge in [0.15, 0.2) is 11.9 Å². The van der Waals surface area contributed by atoms with Crippen LogP contribution in [0.25, 0.3) is 5.69 Å². The van der Waals surface area contributed by atoms with Crippen molar-refractivity contribution in [2.24, 2.45) is 0 Å². The maximum Gasteiger partial charge on any atom is 0.265 e. The van der Waals surface area contributed by atoms with Crippen molar-refractivity contribution in [3.05, 3.63) is 58.1 Å². The highest BCUT2D eigenvalue weighted by Crippen LogP contribution is 2.27. The third kappa shape index (κ3) is 4.30. The van der Waals surface area contributed by atoms with Gasteiger partial charge in [-0.2, -0.15) is 4.68 Å². The standard InChI is InChI=1S/C18H17BrFN5O2/c1-10-4-7-17(14(19)8-10)27-11(2)18(26)21-16-9-13(5-6-15(16)20)25-12(3)22-23-24-25/h4-9,11H,1-3H3,(H,21,26). The number of rotatable bonds is 5. The molecule has 140 valence electrons. The Morgan fingerprint density at radius 2 is 2.04 bits per heavy atom. The van der Waals surface area contributed by atoms with Crippen molar-refractivity contribution in [3.63, 3.8) is 0 Å². The van der Waals surface area contributed by atoms with Crippen LogP contribution in [0.5, 0.6) is 5.75 Å². The second kappa shape index (κ2) is 7.83. The van der Waals surface area contributed by atoms with Gasteiger partial charge in [0.05, 0.1) is 15.8 Å². The summed E-state index contributed by atoms with van der Waals surface area (Å²) in [5.41, 5.74) is 1.61. The highest BCUT2D eigenvalue weighted by atomic mass is 79.9.